The van der Waals surface area contributed by atoms with Crippen molar-refractivity contribution in [3.05, 3.63) is 53.7 Å². The Bertz CT molecular complexity index is 636. The van der Waals surface area contributed by atoms with Crippen LogP contribution in [-0.2, 0) is 0 Å². The van der Waals surface area contributed by atoms with E-state index in [1.807, 2.05) is 13.0 Å². The average molecular weight is 269 g/mol. The topological polar surface area (TPSA) is 71.1 Å². The fourth-order valence-electron chi connectivity index (χ4n) is 1.67. The molecule has 2 rings (SSSR count). The Morgan fingerprint density at radius 1 is 1.05 bits per heavy atom. The van der Waals surface area contributed by atoms with Gasteiger partial charge in [-0.15, -0.1) is 0 Å². The van der Waals surface area contributed by atoms with Crippen LogP contribution in [0.15, 0.2) is 42.6 Å². The predicted molar refractivity (Wildman–Crippen MR) is 78.1 cm³/mol. The highest BCUT2D eigenvalue weighted by atomic mass is 16.2. The monoisotopic (exact) mass is 269 g/mol. The number of hydrogen-bond donors (Lipinski definition) is 2. The fraction of sp³-hybridized carbons (Fsp3) is 0.133. The van der Waals surface area contributed by atoms with Crippen LogP contribution in [-0.4, -0.2) is 16.8 Å². The number of anilines is 2. The zero-order valence-corrected chi connectivity index (χ0v) is 11.3. The number of urea groups is 1. The van der Waals surface area contributed by atoms with E-state index in [1.54, 1.807) is 36.5 Å². The molecule has 0 unspecified atom stereocenters. The summed E-state index contributed by atoms with van der Waals surface area (Å²) in [5.41, 5.74) is 2.10. The molecule has 20 heavy (non-hydrogen) atoms. The van der Waals surface area contributed by atoms with E-state index in [1.165, 1.54) is 6.92 Å². The second-order valence-electron chi connectivity index (χ2n) is 4.38. The van der Waals surface area contributed by atoms with Gasteiger partial charge in [-0.1, -0.05) is 6.07 Å². The van der Waals surface area contributed by atoms with Crippen LogP contribution in [0, 0.1) is 6.92 Å². The van der Waals surface area contributed by atoms with Gasteiger partial charge in [0.1, 0.15) is 5.82 Å². The van der Waals surface area contributed by atoms with Crippen molar-refractivity contribution in [2.24, 2.45) is 0 Å². The summed E-state index contributed by atoms with van der Waals surface area (Å²) >= 11 is 0. The largest absolute Gasteiger partial charge is 0.324 e. The van der Waals surface area contributed by atoms with E-state index in [2.05, 4.69) is 15.6 Å². The summed E-state index contributed by atoms with van der Waals surface area (Å²) in [4.78, 5) is 27.1. The van der Waals surface area contributed by atoms with Gasteiger partial charge in [0, 0.05) is 17.4 Å². The van der Waals surface area contributed by atoms with Crippen LogP contribution in [0.1, 0.15) is 22.8 Å². The Morgan fingerprint density at radius 3 is 2.35 bits per heavy atom. The van der Waals surface area contributed by atoms with Crippen molar-refractivity contribution in [1.29, 1.82) is 0 Å². The molecule has 2 aromatic rings. The van der Waals surface area contributed by atoms with Crippen molar-refractivity contribution in [3.8, 4) is 0 Å². The second kappa shape index (κ2) is 5.97. The number of ketones is 1. The van der Waals surface area contributed by atoms with Crippen LogP contribution in [0.4, 0.5) is 16.3 Å². The quantitative estimate of drug-likeness (QED) is 0.840. The van der Waals surface area contributed by atoms with Crippen molar-refractivity contribution in [2.45, 2.75) is 13.8 Å². The standard InChI is InChI=1S/C15H15N3O2/c1-10-4-3-9-16-14(10)18-15(20)17-13-7-5-12(6-8-13)11(2)19/h3-9H,1-2H3,(H2,16,17,18,20). The van der Waals surface area contributed by atoms with Crippen LogP contribution in [0.2, 0.25) is 0 Å². The highest BCUT2D eigenvalue weighted by Gasteiger charge is 2.06. The van der Waals surface area contributed by atoms with Crippen molar-refractivity contribution in [2.75, 3.05) is 10.6 Å². The minimum Gasteiger partial charge on any atom is -0.308 e. The van der Waals surface area contributed by atoms with Crippen molar-refractivity contribution >= 4 is 23.3 Å². The number of Topliss-reactive ketones (excluding diaryl/α,β-unsaturated/α-hetero) is 1. The number of carbonyl (C=O) groups is 2. The third-order valence-electron chi connectivity index (χ3n) is 2.79. The lowest BCUT2D eigenvalue weighted by Gasteiger charge is -2.09. The highest BCUT2D eigenvalue weighted by Crippen LogP contribution is 2.12. The predicted octanol–water partition coefficient (Wildman–Crippen LogP) is 3.24. The van der Waals surface area contributed by atoms with E-state index < -0.39 is 0 Å². The number of aromatic nitrogens is 1. The first-order valence-electron chi connectivity index (χ1n) is 6.17. The molecule has 0 fully saturated rings. The molecule has 0 bridgehead atoms. The number of nitrogens with one attached hydrogen (secondary N) is 2. The number of hydrogen-bond acceptors (Lipinski definition) is 3. The van der Waals surface area contributed by atoms with E-state index in [0.29, 0.717) is 17.1 Å². The number of aryl methyl sites for hydroxylation is 1. The number of benzene rings is 1. The van der Waals surface area contributed by atoms with Gasteiger partial charge in [-0.05, 0) is 49.7 Å². The van der Waals surface area contributed by atoms with Crippen molar-refractivity contribution in [1.82, 2.24) is 4.98 Å². The Labute approximate surface area is 117 Å². The summed E-state index contributed by atoms with van der Waals surface area (Å²) in [6.45, 7) is 3.36. The maximum absolute atomic E-state index is 11.8. The van der Waals surface area contributed by atoms with Crippen LogP contribution in [0.5, 0.6) is 0 Å². The van der Waals surface area contributed by atoms with Crippen molar-refractivity contribution < 1.29 is 9.59 Å². The molecule has 0 aliphatic rings. The maximum Gasteiger partial charge on any atom is 0.324 e. The Kier molecular flexibility index (Phi) is 4.10. The molecule has 0 spiro atoms. The molecule has 102 valence electrons. The van der Waals surface area contributed by atoms with Crippen LogP contribution in [0.3, 0.4) is 0 Å². The van der Waals surface area contributed by atoms with Gasteiger partial charge in [-0.3, -0.25) is 10.1 Å². The summed E-state index contributed by atoms with van der Waals surface area (Å²) in [5.74, 6) is 0.510. The number of amides is 2. The van der Waals surface area contributed by atoms with Gasteiger partial charge in [0.2, 0.25) is 0 Å². The molecule has 1 aromatic heterocycles. The molecule has 0 radical (unpaired) electrons. The van der Waals surface area contributed by atoms with E-state index in [4.69, 9.17) is 0 Å². The summed E-state index contributed by atoms with van der Waals surface area (Å²) in [5, 5.41) is 5.35. The number of nitrogens with zero attached hydrogens (tertiary/aromatic N) is 1. The molecule has 5 nitrogen and oxygen atoms in total. The van der Waals surface area contributed by atoms with E-state index in [-0.39, 0.29) is 11.8 Å². The Morgan fingerprint density at radius 2 is 1.75 bits per heavy atom. The fourth-order valence-corrected chi connectivity index (χ4v) is 1.67. The van der Waals surface area contributed by atoms with E-state index in [0.717, 1.165) is 5.56 Å². The van der Waals surface area contributed by atoms with Gasteiger partial charge in [-0.2, -0.15) is 0 Å². The van der Waals surface area contributed by atoms with Crippen LogP contribution < -0.4 is 10.6 Å². The minimum atomic E-state index is -0.373. The van der Waals surface area contributed by atoms with Gasteiger partial charge >= 0.3 is 6.03 Å². The molecule has 2 amide bonds. The zero-order chi connectivity index (χ0) is 14.5. The van der Waals surface area contributed by atoms with Gasteiger partial charge in [0.25, 0.3) is 0 Å². The molecule has 1 aromatic carbocycles. The molecule has 1 heterocycles. The first kappa shape index (κ1) is 13.7. The molecule has 2 N–H and O–H groups in total. The summed E-state index contributed by atoms with van der Waals surface area (Å²) < 4.78 is 0. The molecule has 0 aliphatic heterocycles. The summed E-state index contributed by atoms with van der Waals surface area (Å²) in [6.07, 6.45) is 1.62. The smallest absolute Gasteiger partial charge is 0.308 e. The summed E-state index contributed by atoms with van der Waals surface area (Å²) in [7, 11) is 0. The van der Waals surface area contributed by atoms with Crippen molar-refractivity contribution in [3.63, 3.8) is 0 Å². The molecular formula is C15H15N3O2. The zero-order valence-electron chi connectivity index (χ0n) is 11.3. The second-order valence-corrected chi connectivity index (χ2v) is 4.38. The number of pyridine rings is 1. The van der Waals surface area contributed by atoms with E-state index in [9.17, 15) is 9.59 Å². The number of carbonyl (C=O) groups excluding carboxylic acids is 2. The lowest BCUT2D eigenvalue weighted by molar-refractivity contribution is 0.101. The molecule has 5 heteroatoms. The minimum absolute atomic E-state index is 0.00916. The molecular weight excluding hydrogens is 254 g/mol. The van der Waals surface area contributed by atoms with Gasteiger partial charge in [-0.25, -0.2) is 9.78 Å². The first-order chi connectivity index (χ1) is 9.56. The third kappa shape index (κ3) is 3.41. The molecule has 0 atom stereocenters. The molecule has 0 saturated heterocycles. The molecule has 0 saturated carbocycles. The molecule has 0 aliphatic carbocycles. The lowest BCUT2D eigenvalue weighted by atomic mass is 10.1. The highest BCUT2D eigenvalue weighted by molar-refractivity contribution is 6.00. The lowest BCUT2D eigenvalue weighted by Crippen LogP contribution is -2.20. The summed E-state index contributed by atoms with van der Waals surface area (Å²) in [6, 6.07) is 10.0. The first-order valence-corrected chi connectivity index (χ1v) is 6.17. The van der Waals surface area contributed by atoms with E-state index >= 15 is 0 Å². The Balaban J connectivity index is 2.01. The maximum atomic E-state index is 11.8. The number of rotatable bonds is 3. The van der Waals surface area contributed by atoms with Gasteiger partial charge < -0.3 is 5.32 Å². The van der Waals surface area contributed by atoms with Gasteiger partial charge in [0.15, 0.2) is 5.78 Å². The van der Waals surface area contributed by atoms with Crippen LogP contribution >= 0.6 is 0 Å². The normalized spacial score (nSPS) is 9.90. The SMILES string of the molecule is CC(=O)c1ccc(NC(=O)Nc2ncccc2C)cc1. The van der Waals surface area contributed by atoms with Crippen LogP contribution in [0.25, 0.3) is 0 Å². The Hall–Kier alpha value is -2.69. The average Bonchev–Trinajstić information content (AvgIpc) is 2.42. The van der Waals surface area contributed by atoms with Gasteiger partial charge in [0.05, 0.1) is 0 Å². The third-order valence-corrected chi connectivity index (χ3v) is 2.79.